The van der Waals surface area contributed by atoms with E-state index < -0.39 is 0 Å². The van der Waals surface area contributed by atoms with E-state index in [1.807, 2.05) is 0 Å². The lowest BCUT2D eigenvalue weighted by molar-refractivity contribution is 1.18. The van der Waals surface area contributed by atoms with Crippen LogP contribution in [0.25, 0.3) is 105 Å². The first kappa shape index (κ1) is 31.2. The van der Waals surface area contributed by atoms with Crippen molar-refractivity contribution in [3.05, 3.63) is 200 Å². The maximum atomic E-state index is 5.50. The summed E-state index contributed by atoms with van der Waals surface area (Å²) in [5.74, 6) is 0.696. The molecule has 3 heteroatoms. The lowest BCUT2D eigenvalue weighted by Crippen LogP contribution is -2.00. The number of benzene rings is 9. The number of rotatable bonds is 5. The minimum absolute atomic E-state index is 0.696. The first-order valence-electron chi connectivity index (χ1n) is 18.7. The highest BCUT2D eigenvalue weighted by Crippen LogP contribution is 2.41. The maximum absolute atomic E-state index is 5.50. The van der Waals surface area contributed by atoms with Gasteiger partial charge < -0.3 is 4.57 Å². The molecule has 11 aromatic rings. The van der Waals surface area contributed by atoms with Crippen LogP contribution in [0.4, 0.5) is 0 Å². The number of hydrogen-bond donors (Lipinski definition) is 0. The van der Waals surface area contributed by atoms with Gasteiger partial charge in [-0.2, -0.15) is 0 Å². The van der Waals surface area contributed by atoms with Crippen LogP contribution in [0, 0.1) is 0 Å². The van der Waals surface area contributed by atoms with Crippen LogP contribution >= 0.6 is 0 Å². The van der Waals surface area contributed by atoms with Crippen LogP contribution < -0.4 is 0 Å². The van der Waals surface area contributed by atoms with E-state index in [-0.39, 0.29) is 0 Å². The molecule has 0 spiro atoms. The van der Waals surface area contributed by atoms with Crippen molar-refractivity contribution in [1.29, 1.82) is 0 Å². The Hall–Kier alpha value is -7.36. The van der Waals surface area contributed by atoms with Crippen molar-refractivity contribution < 1.29 is 0 Å². The number of hydrogen-bond acceptors (Lipinski definition) is 2. The van der Waals surface area contributed by atoms with Crippen LogP contribution in [0.1, 0.15) is 0 Å². The highest BCUT2D eigenvalue weighted by atomic mass is 15.0. The summed E-state index contributed by atoms with van der Waals surface area (Å²) in [5, 5.41) is 8.18. The molecule has 9 aromatic carbocycles. The minimum Gasteiger partial charge on any atom is -0.309 e. The summed E-state index contributed by atoms with van der Waals surface area (Å²) in [6.45, 7) is 0. The standard InChI is InChI=1S/C52H33N3/c1-4-16-34(17-5-1)43-32-47-48(33-44(43)35-18-6-2-7-19-35)53-52(54-51(47)36-20-8-3-9-21-36)46-31-40(28-39-24-12-13-25-41(39)46)55-49-27-15-14-26-42(49)45-29-37-22-10-11-23-38(37)30-50(45)55/h1-33H. The molecule has 0 atom stereocenters. The molecule has 0 unspecified atom stereocenters. The average molecular weight is 700 g/mol. The number of nitrogens with zero attached hydrogens (tertiary/aromatic N) is 3. The van der Waals surface area contributed by atoms with E-state index in [1.165, 1.54) is 32.6 Å². The molecule has 2 heterocycles. The van der Waals surface area contributed by atoms with Crippen molar-refractivity contribution >= 4 is 54.3 Å². The van der Waals surface area contributed by atoms with Crippen LogP contribution in [-0.2, 0) is 0 Å². The van der Waals surface area contributed by atoms with Crippen molar-refractivity contribution in [2.75, 3.05) is 0 Å². The molecule has 0 N–H and O–H groups in total. The molecule has 11 rings (SSSR count). The molecule has 3 nitrogen and oxygen atoms in total. The second-order valence-electron chi connectivity index (χ2n) is 14.2. The van der Waals surface area contributed by atoms with Crippen LogP contribution in [0.3, 0.4) is 0 Å². The molecule has 0 amide bonds. The number of fused-ring (bicyclic) bond motifs is 6. The SMILES string of the molecule is c1ccc(-c2cc3nc(-c4cc(-n5c6ccccc6c6cc7ccccc7cc65)cc5ccccc45)nc(-c4ccccc4)c3cc2-c2ccccc2)cc1. The van der Waals surface area contributed by atoms with Gasteiger partial charge in [0, 0.05) is 33.0 Å². The third kappa shape index (κ3) is 5.20. The van der Waals surface area contributed by atoms with Crippen molar-refractivity contribution in [3.8, 4) is 50.6 Å². The van der Waals surface area contributed by atoms with E-state index in [0.717, 1.165) is 66.4 Å². The van der Waals surface area contributed by atoms with Gasteiger partial charge in [0.1, 0.15) is 0 Å². The maximum Gasteiger partial charge on any atom is 0.161 e. The van der Waals surface area contributed by atoms with E-state index in [0.29, 0.717) is 5.82 Å². The van der Waals surface area contributed by atoms with Crippen molar-refractivity contribution in [1.82, 2.24) is 14.5 Å². The summed E-state index contributed by atoms with van der Waals surface area (Å²) >= 11 is 0. The number of aromatic nitrogens is 3. The summed E-state index contributed by atoms with van der Waals surface area (Å²) in [4.78, 5) is 11.0. The zero-order valence-corrected chi connectivity index (χ0v) is 29.9. The summed E-state index contributed by atoms with van der Waals surface area (Å²) in [7, 11) is 0. The normalized spacial score (nSPS) is 11.6. The average Bonchev–Trinajstić information content (AvgIpc) is 3.58. The summed E-state index contributed by atoms with van der Waals surface area (Å²) in [5.41, 5.74) is 11.9. The van der Waals surface area contributed by atoms with E-state index in [9.17, 15) is 0 Å². The van der Waals surface area contributed by atoms with Crippen molar-refractivity contribution in [2.45, 2.75) is 0 Å². The second-order valence-corrected chi connectivity index (χ2v) is 14.2. The van der Waals surface area contributed by atoms with E-state index in [2.05, 4.69) is 205 Å². The molecule has 0 saturated heterocycles. The third-order valence-electron chi connectivity index (χ3n) is 10.9. The van der Waals surface area contributed by atoms with Gasteiger partial charge in [-0.05, 0) is 86.3 Å². The van der Waals surface area contributed by atoms with Gasteiger partial charge in [0.05, 0.1) is 22.2 Å². The Morgan fingerprint density at radius 2 is 0.891 bits per heavy atom. The first-order chi connectivity index (χ1) is 27.3. The van der Waals surface area contributed by atoms with E-state index in [1.54, 1.807) is 0 Å². The molecular formula is C52H33N3. The molecule has 0 aliphatic rings. The summed E-state index contributed by atoms with van der Waals surface area (Å²) in [6, 6.07) is 71.5. The lowest BCUT2D eigenvalue weighted by atomic mass is 9.91. The smallest absolute Gasteiger partial charge is 0.161 e. The van der Waals surface area contributed by atoms with Gasteiger partial charge in [-0.1, -0.05) is 158 Å². The lowest BCUT2D eigenvalue weighted by Gasteiger charge is -2.17. The molecule has 2 aromatic heterocycles. The van der Waals surface area contributed by atoms with Gasteiger partial charge in [-0.25, -0.2) is 9.97 Å². The van der Waals surface area contributed by atoms with Gasteiger partial charge in [-0.15, -0.1) is 0 Å². The highest BCUT2D eigenvalue weighted by molar-refractivity contribution is 6.14. The monoisotopic (exact) mass is 699 g/mol. The van der Waals surface area contributed by atoms with Gasteiger partial charge in [0.2, 0.25) is 0 Å². The Labute approximate surface area is 318 Å². The van der Waals surface area contributed by atoms with E-state index in [4.69, 9.17) is 9.97 Å². The van der Waals surface area contributed by atoms with Crippen LogP contribution in [-0.4, -0.2) is 14.5 Å². The Bertz CT molecular complexity index is 3240. The predicted octanol–water partition coefficient (Wildman–Crippen LogP) is 13.7. The molecule has 0 bridgehead atoms. The molecular weight excluding hydrogens is 667 g/mol. The van der Waals surface area contributed by atoms with Crippen LogP contribution in [0.15, 0.2) is 200 Å². The van der Waals surface area contributed by atoms with Crippen molar-refractivity contribution in [2.24, 2.45) is 0 Å². The Morgan fingerprint density at radius 3 is 1.60 bits per heavy atom. The Kier molecular flexibility index (Phi) is 7.17. The highest BCUT2D eigenvalue weighted by Gasteiger charge is 2.20. The quantitative estimate of drug-likeness (QED) is 0.179. The minimum atomic E-state index is 0.696. The second kappa shape index (κ2) is 12.6. The predicted molar refractivity (Wildman–Crippen MR) is 231 cm³/mol. The van der Waals surface area contributed by atoms with Crippen LogP contribution in [0.5, 0.6) is 0 Å². The van der Waals surface area contributed by atoms with Crippen molar-refractivity contribution in [3.63, 3.8) is 0 Å². The topological polar surface area (TPSA) is 30.7 Å². The molecule has 55 heavy (non-hydrogen) atoms. The summed E-state index contributed by atoms with van der Waals surface area (Å²) < 4.78 is 2.41. The Morgan fingerprint density at radius 1 is 0.327 bits per heavy atom. The van der Waals surface area contributed by atoms with Crippen LogP contribution in [0.2, 0.25) is 0 Å². The zero-order valence-electron chi connectivity index (χ0n) is 29.9. The third-order valence-corrected chi connectivity index (χ3v) is 10.9. The van der Waals surface area contributed by atoms with Gasteiger partial charge >= 0.3 is 0 Å². The zero-order chi connectivity index (χ0) is 36.3. The fourth-order valence-electron chi connectivity index (χ4n) is 8.37. The van der Waals surface area contributed by atoms with Gasteiger partial charge in [0.15, 0.2) is 5.82 Å². The molecule has 256 valence electrons. The Balaban J connectivity index is 1.22. The molecule has 0 radical (unpaired) electrons. The van der Waals surface area contributed by atoms with Gasteiger partial charge in [-0.3, -0.25) is 0 Å². The summed E-state index contributed by atoms with van der Waals surface area (Å²) in [6.07, 6.45) is 0. The van der Waals surface area contributed by atoms with Gasteiger partial charge in [0.25, 0.3) is 0 Å². The molecule has 0 saturated carbocycles. The first-order valence-corrected chi connectivity index (χ1v) is 18.7. The fourth-order valence-corrected chi connectivity index (χ4v) is 8.37. The largest absolute Gasteiger partial charge is 0.309 e. The molecule has 0 fully saturated rings. The van der Waals surface area contributed by atoms with E-state index >= 15 is 0 Å². The fraction of sp³-hybridized carbons (Fsp3) is 0. The molecule has 0 aliphatic carbocycles. The number of para-hydroxylation sites is 1. The molecule has 0 aliphatic heterocycles.